The van der Waals surface area contributed by atoms with Crippen molar-refractivity contribution in [1.82, 2.24) is 4.31 Å². The van der Waals surface area contributed by atoms with E-state index in [0.29, 0.717) is 18.8 Å². The highest BCUT2D eigenvalue weighted by molar-refractivity contribution is 9.10. The summed E-state index contributed by atoms with van der Waals surface area (Å²) >= 11 is 3.35. The van der Waals surface area contributed by atoms with Gasteiger partial charge in [0.2, 0.25) is 10.0 Å². The molecule has 0 aliphatic carbocycles. The Bertz CT molecular complexity index is 881. The van der Waals surface area contributed by atoms with Gasteiger partial charge in [0.1, 0.15) is 19.0 Å². The number of ether oxygens (including phenoxy) is 2. The molecule has 2 aromatic rings. The topological polar surface area (TPSA) is 72.9 Å². The molecule has 0 N–H and O–H groups in total. The molecule has 27 heavy (non-hydrogen) atoms. The van der Waals surface area contributed by atoms with E-state index < -0.39 is 16.0 Å². The van der Waals surface area contributed by atoms with Crippen LogP contribution in [-0.2, 0) is 14.8 Å². The predicted molar refractivity (Wildman–Crippen MR) is 106 cm³/mol. The highest BCUT2D eigenvalue weighted by atomic mass is 79.9. The van der Waals surface area contributed by atoms with Gasteiger partial charge in [-0.2, -0.15) is 4.31 Å². The summed E-state index contributed by atoms with van der Waals surface area (Å²) in [7, 11) is -3.63. The fraction of sp³-hybridized carbons (Fsp3) is 0.316. The molecule has 0 aliphatic heterocycles. The first-order valence-electron chi connectivity index (χ1n) is 8.54. The number of hydrogen-bond acceptors (Lipinski definition) is 5. The molecular formula is C19H22BrNO5S. The molecule has 6 nitrogen and oxygen atoms in total. The van der Waals surface area contributed by atoms with Gasteiger partial charge in [0.15, 0.2) is 0 Å². The second-order valence-electron chi connectivity index (χ2n) is 5.56. The first-order chi connectivity index (χ1) is 12.9. The lowest BCUT2D eigenvalue weighted by Crippen LogP contribution is -2.30. The second-order valence-corrected chi connectivity index (χ2v) is 8.41. The Hall–Kier alpha value is -1.90. The van der Waals surface area contributed by atoms with Gasteiger partial charge in [0.25, 0.3) is 0 Å². The van der Waals surface area contributed by atoms with E-state index in [1.165, 1.54) is 28.6 Å². The molecule has 0 saturated heterocycles. The summed E-state index contributed by atoms with van der Waals surface area (Å²) in [6, 6.07) is 13.2. The maximum Gasteiger partial charge on any atom is 0.338 e. The maximum absolute atomic E-state index is 12.6. The van der Waals surface area contributed by atoms with E-state index in [0.717, 1.165) is 4.47 Å². The monoisotopic (exact) mass is 455 g/mol. The Morgan fingerprint density at radius 2 is 1.74 bits per heavy atom. The predicted octanol–water partition coefficient (Wildman–Crippen LogP) is 3.72. The summed E-state index contributed by atoms with van der Waals surface area (Å²) in [5.74, 6) is 0.0668. The van der Waals surface area contributed by atoms with Gasteiger partial charge in [0.05, 0.1) is 10.5 Å². The third kappa shape index (κ3) is 5.79. The molecule has 146 valence electrons. The van der Waals surface area contributed by atoms with Gasteiger partial charge in [0, 0.05) is 17.6 Å². The number of nitrogens with zero attached hydrogens (tertiary/aromatic N) is 1. The average molecular weight is 456 g/mol. The number of carbonyl (C=O) groups is 1. The minimum atomic E-state index is -3.63. The third-order valence-corrected chi connectivity index (χ3v) is 6.33. The molecule has 0 heterocycles. The number of esters is 1. The summed E-state index contributed by atoms with van der Waals surface area (Å²) < 4.78 is 38.0. The molecule has 0 amide bonds. The molecule has 0 saturated carbocycles. The molecule has 0 fully saturated rings. The second kappa shape index (κ2) is 9.87. The normalized spacial score (nSPS) is 11.4. The SMILES string of the molecule is CCN(CC)S(=O)(=O)c1cccc(C(=O)OCCOc2cccc(Br)c2)c1. The molecule has 8 heteroatoms. The van der Waals surface area contributed by atoms with Crippen molar-refractivity contribution in [3.8, 4) is 5.75 Å². The van der Waals surface area contributed by atoms with Crippen molar-refractivity contribution in [3.63, 3.8) is 0 Å². The van der Waals surface area contributed by atoms with E-state index in [1.807, 2.05) is 18.2 Å². The summed E-state index contributed by atoms with van der Waals surface area (Å²) in [6.45, 7) is 4.51. The number of sulfonamides is 1. The number of benzene rings is 2. The minimum absolute atomic E-state index is 0.0539. The number of hydrogen-bond donors (Lipinski definition) is 0. The lowest BCUT2D eigenvalue weighted by molar-refractivity contribution is 0.0450. The molecule has 0 atom stereocenters. The fourth-order valence-electron chi connectivity index (χ4n) is 2.43. The molecule has 0 bridgehead atoms. The van der Waals surface area contributed by atoms with Crippen LogP contribution in [0.15, 0.2) is 57.9 Å². The molecule has 2 rings (SSSR count). The lowest BCUT2D eigenvalue weighted by Gasteiger charge is -2.18. The summed E-state index contributed by atoms with van der Waals surface area (Å²) in [4.78, 5) is 12.3. The fourth-order valence-corrected chi connectivity index (χ4v) is 4.31. The van der Waals surface area contributed by atoms with Gasteiger partial charge < -0.3 is 9.47 Å². The molecular weight excluding hydrogens is 434 g/mol. The number of carbonyl (C=O) groups excluding carboxylic acids is 1. The highest BCUT2D eigenvalue weighted by Crippen LogP contribution is 2.19. The van der Waals surface area contributed by atoms with Crippen molar-refractivity contribution in [2.24, 2.45) is 0 Å². The summed E-state index contributed by atoms with van der Waals surface area (Å²) in [6.07, 6.45) is 0. The molecule has 0 radical (unpaired) electrons. The molecule has 0 aliphatic rings. The third-order valence-electron chi connectivity index (χ3n) is 3.79. The van der Waals surface area contributed by atoms with Gasteiger partial charge >= 0.3 is 5.97 Å². The molecule has 0 spiro atoms. The zero-order valence-corrected chi connectivity index (χ0v) is 17.6. The summed E-state index contributed by atoms with van der Waals surface area (Å²) in [5.41, 5.74) is 0.186. The number of rotatable bonds is 9. The Kier molecular flexibility index (Phi) is 7.82. The van der Waals surface area contributed by atoms with E-state index >= 15 is 0 Å². The average Bonchev–Trinajstić information content (AvgIpc) is 2.66. The molecule has 0 aromatic heterocycles. The Balaban J connectivity index is 1.97. The Morgan fingerprint density at radius 1 is 1.04 bits per heavy atom. The standard InChI is InChI=1S/C19H22BrNO5S/c1-3-21(4-2)27(23,24)18-10-5-7-15(13-18)19(22)26-12-11-25-17-9-6-8-16(20)14-17/h5-10,13-14H,3-4,11-12H2,1-2H3. The Labute approximate surface area is 168 Å². The van der Waals surface area contributed by atoms with E-state index in [9.17, 15) is 13.2 Å². The van der Waals surface area contributed by atoms with Crippen LogP contribution in [-0.4, -0.2) is 45.0 Å². The van der Waals surface area contributed by atoms with Crippen LogP contribution in [0, 0.1) is 0 Å². The van der Waals surface area contributed by atoms with Crippen molar-refractivity contribution in [3.05, 3.63) is 58.6 Å². The van der Waals surface area contributed by atoms with E-state index in [2.05, 4.69) is 15.9 Å². The zero-order chi connectivity index (χ0) is 19.9. The largest absolute Gasteiger partial charge is 0.490 e. The van der Waals surface area contributed by atoms with Gasteiger partial charge in [-0.25, -0.2) is 13.2 Å². The molecule has 2 aromatic carbocycles. The van der Waals surface area contributed by atoms with Crippen molar-refractivity contribution >= 4 is 31.9 Å². The van der Waals surface area contributed by atoms with Gasteiger partial charge in [-0.3, -0.25) is 0 Å². The van der Waals surface area contributed by atoms with Crippen LogP contribution in [0.25, 0.3) is 0 Å². The zero-order valence-electron chi connectivity index (χ0n) is 15.2. The Morgan fingerprint density at radius 3 is 2.41 bits per heavy atom. The van der Waals surface area contributed by atoms with Gasteiger partial charge in [-0.05, 0) is 36.4 Å². The van der Waals surface area contributed by atoms with Crippen LogP contribution in [0.3, 0.4) is 0 Å². The van der Waals surface area contributed by atoms with Crippen LogP contribution in [0.4, 0.5) is 0 Å². The van der Waals surface area contributed by atoms with Crippen molar-refractivity contribution < 1.29 is 22.7 Å². The first kappa shape index (κ1) is 21.4. The lowest BCUT2D eigenvalue weighted by atomic mass is 10.2. The van der Waals surface area contributed by atoms with E-state index in [1.54, 1.807) is 19.9 Å². The van der Waals surface area contributed by atoms with Gasteiger partial charge in [-0.1, -0.05) is 41.9 Å². The maximum atomic E-state index is 12.6. The van der Waals surface area contributed by atoms with Crippen molar-refractivity contribution in [2.45, 2.75) is 18.7 Å². The van der Waals surface area contributed by atoms with Crippen LogP contribution < -0.4 is 4.74 Å². The molecule has 0 unspecified atom stereocenters. The first-order valence-corrected chi connectivity index (χ1v) is 10.8. The van der Waals surface area contributed by atoms with Crippen molar-refractivity contribution in [2.75, 3.05) is 26.3 Å². The quantitative estimate of drug-likeness (QED) is 0.425. The number of halogens is 1. The van der Waals surface area contributed by atoms with Crippen LogP contribution in [0.1, 0.15) is 24.2 Å². The van der Waals surface area contributed by atoms with E-state index in [-0.39, 0.29) is 23.7 Å². The minimum Gasteiger partial charge on any atom is -0.490 e. The van der Waals surface area contributed by atoms with Crippen LogP contribution >= 0.6 is 15.9 Å². The van der Waals surface area contributed by atoms with Crippen molar-refractivity contribution in [1.29, 1.82) is 0 Å². The van der Waals surface area contributed by atoms with Crippen LogP contribution in [0.2, 0.25) is 0 Å². The smallest absolute Gasteiger partial charge is 0.338 e. The summed E-state index contributed by atoms with van der Waals surface area (Å²) in [5, 5.41) is 0. The van der Waals surface area contributed by atoms with Gasteiger partial charge in [-0.15, -0.1) is 0 Å². The van der Waals surface area contributed by atoms with Crippen LogP contribution in [0.5, 0.6) is 5.75 Å². The highest BCUT2D eigenvalue weighted by Gasteiger charge is 2.22. The van der Waals surface area contributed by atoms with E-state index in [4.69, 9.17) is 9.47 Å².